The average molecular weight is 659 g/mol. The molecule has 2 N–H and O–H groups in total. The smallest absolute Gasteiger partial charge is 0.263 e. The van der Waals surface area contributed by atoms with Crippen LogP contribution < -0.4 is 10.5 Å². The SMILES string of the molecule is NC(=O)C1(c2ccccc2)CCN(C(=O)c2cc(-c3ccc(OCCCOC4CCCCO4)cc3)c(-c3ccccc3Cl)s2)CC1. The van der Waals surface area contributed by atoms with Gasteiger partial charge >= 0.3 is 0 Å². The van der Waals surface area contributed by atoms with E-state index >= 15 is 0 Å². The number of halogens is 1. The standard InChI is InChI=1S/C37H39ClN2O5S/c38-31-12-5-4-11-29(31)34-30(26-14-16-28(17-15-26)43-23-8-24-45-33-13-6-7-22-44-33)25-32(46-34)35(41)40-20-18-37(19-21-40,36(39)42)27-9-2-1-3-10-27/h1-5,9-12,14-17,25,33H,6-8,13,18-24H2,(H2,39,42). The summed E-state index contributed by atoms with van der Waals surface area (Å²) in [6.07, 6.45) is 4.86. The maximum Gasteiger partial charge on any atom is 0.263 e. The quantitative estimate of drug-likeness (QED) is 0.167. The first-order valence-corrected chi connectivity index (χ1v) is 17.1. The topological polar surface area (TPSA) is 91.1 Å². The van der Waals surface area contributed by atoms with Crippen LogP contribution in [0.25, 0.3) is 21.6 Å². The highest BCUT2D eigenvalue weighted by Gasteiger charge is 2.42. The summed E-state index contributed by atoms with van der Waals surface area (Å²) in [7, 11) is 0. The molecule has 46 heavy (non-hydrogen) atoms. The number of hydrogen-bond acceptors (Lipinski definition) is 6. The lowest BCUT2D eigenvalue weighted by molar-refractivity contribution is -0.163. The van der Waals surface area contributed by atoms with Gasteiger partial charge in [-0.15, -0.1) is 11.3 Å². The molecule has 2 saturated heterocycles. The summed E-state index contributed by atoms with van der Waals surface area (Å²) in [4.78, 5) is 30.0. The minimum absolute atomic E-state index is 0.0588. The van der Waals surface area contributed by atoms with Crippen molar-refractivity contribution in [2.45, 2.75) is 50.2 Å². The minimum Gasteiger partial charge on any atom is -0.494 e. The van der Waals surface area contributed by atoms with Crippen molar-refractivity contribution in [3.8, 4) is 27.3 Å². The van der Waals surface area contributed by atoms with Gasteiger partial charge in [0, 0.05) is 47.1 Å². The van der Waals surface area contributed by atoms with Crippen molar-refractivity contribution in [1.29, 1.82) is 0 Å². The van der Waals surface area contributed by atoms with Crippen molar-refractivity contribution < 1.29 is 23.8 Å². The predicted molar refractivity (Wildman–Crippen MR) is 182 cm³/mol. The van der Waals surface area contributed by atoms with Gasteiger partial charge < -0.3 is 24.8 Å². The van der Waals surface area contributed by atoms with Gasteiger partial charge in [0.2, 0.25) is 5.91 Å². The summed E-state index contributed by atoms with van der Waals surface area (Å²) in [5.41, 5.74) is 8.84. The van der Waals surface area contributed by atoms with Crippen LogP contribution in [0.5, 0.6) is 5.75 Å². The molecule has 2 amide bonds. The van der Waals surface area contributed by atoms with Crippen LogP contribution in [0.3, 0.4) is 0 Å². The Morgan fingerprint density at radius 2 is 1.67 bits per heavy atom. The van der Waals surface area contributed by atoms with Gasteiger partial charge in [-0.05, 0) is 67.5 Å². The highest BCUT2D eigenvalue weighted by molar-refractivity contribution is 7.18. The maximum absolute atomic E-state index is 13.9. The lowest BCUT2D eigenvalue weighted by Gasteiger charge is -2.40. The van der Waals surface area contributed by atoms with E-state index in [9.17, 15) is 9.59 Å². The normalized spacial score (nSPS) is 17.8. The monoisotopic (exact) mass is 658 g/mol. The number of nitrogens with zero attached hydrogens (tertiary/aromatic N) is 1. The molecule has 2 fully saturated rings. The van der Waals surface area contributed by atoms with Crippen molar-refractivity contribution in [1.82, 2.24) is 4.90 Å². The van der Waals surface area contributed by atoms with Crippen LogP contribution in [-0.4, -0.2) is 55.9 Å². The molecule has 7 nitrogen and oxygen atoms in total. The largest absolute Gasteiger partial charge is 0.494 e. The molecule has 0 bridgehead atoms. The second kappa shape index (κ2) is 14.8. The highest BCUT2D eigenvalue weighted by atomic mass is 35.5. The van der Waals surface area contributed by atoms with E-state index in [0.717, 1.165) is 65.2 Å². The Bertz CT molecular complexity index is 1630. The molecule has 3 heterocycles. The van der Waals surface area contributed by atoms with Crippen molar-refractivity contribution in [3.05, 3.63) is 100 Å². The molecule has 0 radical (unpaired) electrons. The second-order valence-corrected chi connectivity index (χ2v) is 13.3. The Hall–Kier alpha value is -3.69. The number of rotatable bonds is 11. The summed E-state index contributed by atoms with van der Waals surface area (Å²) < 4.78 is 17.4. The number of primary amides is 1. The summed E-state index contributed by atoms with van der Waals surface area (Å²) in [5, 5.41) is 0.623. The van der Waals surface area contributed by atoms with E-state index in [1.54, 1.807) is 0 Å². The Kier molecular flexibility index (Phi) is 10.4. The predicted octanol–water partition coefficient (Wildman–Crippen LogP) is 7.71. The molecule has 1 atom stereocenters. The molecule has 1 unspecified atom stereocenters. The Morgan fingerprint density at radius 1 is 0.935 bits per heavy atom. The molecule has 0 spiro atoms. The van der Waals surface area contributed by atoms with E-state index < -0.39 is 5.41 Å². The third kappa shape index (κ3) is 7.15. The lowest BCUT2D eigenvalue weighted by atomic mass is 9.72. The maximum atomic E-state index is 13.9. The number of hydrogen-bond donors (Lipinski definition) is 1. The Balaban J connectivity index is 1.16. The van der Waals surface area contributed by atoms with E-state index in [0.29, 0.717) is 49.0 Å². The zero-order chi connectivity index (χ0) is 31.9. The van der Waals surface area contributed by atoms with Gasteiger partial charge in [0.25, 0.3) is 5.91 Å². The molecule has 4 aromatic rings. The molecule has 3 aromatic carbocycles. The average Bonchev–Trinajstić information content (AvgIpc) is 3.54. The highest BCUT2D eigenvalue weighted by Crippen LogP contribution is 2.43. The van der Waals surface area contributed by atoms with Gasteiger partial charge in [-0.2, -0.15) is 0 Å². The first-order valence-electron chi connectivity index (χ1n) is 15.9. The number of thiophene rings is 1. The van der Waals surface area contributed by atoms with Gasteiger partial charge in [0.1, 0.15) is 5.75 Å². The van der Waals surface area contributed by atoms with Gasteiger partial charge in [-0.25, -0.2) is 0 Å². The number of likely N-dealkylation sites (tertiary alicyclic amines) is 1. The summed E-state index contributed by atoms with van der Waals surface area (Å²) in [5.74, 6) is 0.365. The molecule has 2 aliphatic rings. The van der Waals surface area contributed by atoms with Crippen molar-refractivity contribution >= 4 is 34.8 Å². The second-order valence-electron chi connectivity index (χ2n) is 11.8. The number of amides is 2. The minimum atomic E-state index is -0.776. The van der Waals surface area contributed by atoms with Gasteiger partial charge in [-0.1, -0.05) is 72.3 Å². The van der Waals surface area contributed by atoms with Crippen LogP contribution in [-0.2, 0) is 19.7 Å². The van der Waals surface area contributed by atoms with Crippen LogP contribution >= 0.6 is 22.9 Å². The molecule has 6 rings (SSSR count). The van der Waals surface area contributed by atoms with Crippen LogP contribution in [0.2, 0.25) is 5.02 Å². The number of carbonyl (C=O) groups is 2. The van der Waals surface area contributed by atoms with Crippen LogP contribution in [0.4, 0.5) is 0 Å². The van der Waals surface area contributed by atoms with Gasteiger partial charge in [-0.3, -0.25) is 9.59 Å². The third-order valence-electron chi connectivity index (χ3n) is 8.93. The number of nitrogens with two attached hydrogens (primary N) is 1. The molecule has 2 aliphatic heterocycles. The van der Waals surface area contributed by atoms with E-state index in [2.05, 4.69) is 0 Å². The third-order valence-corrected chi connectivity index (χ3v) is 10.4. The molecule has 0 saturated carbocycles. The van der Waals surface area contributed by atoms with Crippen LogP contribution in [0.1, 0.15) is 53.8 Å². The number of carbonyl (C=O) groups excluding carboxylic acids is 2. The molecule has 240 valence electrons. The first-order chi connectivity index (χ1) is 22.4. The lowest BCUT2D eigenvalue weighted by Crippen LogP contribution is -2.51. The molecular formula is C37H39ClN2O5S. The van der Waals surface area contributed by atoms with Gasteiger partial charge in [0.05, 0.1) is 23.5 Å². The van der Waals surface area contributed by atoms with Crippen molar-refractivity contribution in [2.75, 3.05) is 32.9 Å². The zero-order valence-corrected chi connectivity index (χ0v) is 27.4. The zero-order valence-electron chi connectivity index (χ0n) is 25.8. The molecule has 1 aromatic heterocycles. The van der Waals surface area contributed by atoms with Gasteiger partial charge in [0.15, 0.2) is 6.29 Å². The number of piperidine rings is 1. The first kappa shape index (κ1) is 32.3. The number of ether oxygens (including phenoxy) is 3. The Labute approximate surface area is 279 Å². The van der Waals surface area contributed by atoms with E-state index in [1.807, 2.05) is 89.8 Å². The molecule has 0 aliphatic carbocycles. The van der Waals surface area contributed by atoms with E-state index in [-0.39, 0.29) is 18.1 Å². The van der Waals surface area contributed by atoms with E-state index in [1.165, 1.54) is 11.3 Å². The van der Waals surface area contributed by atoms with Crippen LogP contribution in [0, 0.1) is 0 Å². The fraction of sp³-hybridized carbons (Fsp3) is 0.351. The fourth-order valence-corrected chi connectivity index (χ4v) is 7.75. The van der Waals surface area contributed by atoms with Crippen molar-refractivity contribution in [2.24, 2.45) is 5.73 Å². The summed E-state index contributed by atoms with van der Waals surface area (Å²) >= 11 is 8.10. The number of benzene rings is 3. The fourth-order valence-electron chi connectivity index (χ4n) is 6.28. The molecular weight excluding hydrogens is 620 g/mol. The summed E-state index contributed by atoms with van der Waals surface area (Å²) in [6.45, 7) is 2.80. The van der Waals surface area contributed by atoms with E-state index in [4.69, 9.17) is 31.5 Å². The van der Waals surface area contributed by atoms with Crippen molar-refractivity contribution in [3.63, 3.8) is 0 Å². The van der Waals surface area contributed by atoms with Crippen LogP contribution in [0.15, 0.2) is 84.9 Å². The summed E-state index contributed by atoms with van der Waals surface area (Å²) in [6, 6.07) is 27.2. The Morgan fingerprint density at radius 3 is 2.37 bits per heavy atom. The molecule has 9 heteroatoms.